The molecule has 0 aliphatic carbocycles. The Morgan fingerprint density at radius 2 is 1.60 bits per heavy atom. The fourth-order valence-electron chi connectivity index (χ4n) is 2.76. The van der Waals surface area contributed by atoms with E-state index in [0.717, 1.165) is 6.42 Å². The molecule has 25 heavy (non-hydrogen) atoms. The maximum Gasteiger partial charge on any atom is 0.306 e. The molecular formula is C20H36NO4+. The van der Waals surface area contributed by atoms with Crippen molar-refractivity contribution >= 4 is 11.8 Å². The lowest BCUT2D eigenvalue weighted by atomic mass is 9.91. The summed E-state index contributed by atoms with van der Waals surface area (Å²) in [6.07, 6.45) is 14.2. The SMILES string of the molecule is CCCCCCC/C=C/C=C/CC(=O)C(O)(CC(=O)O)C[N+](C)(C)C. The summed E-state index contributed by atoms with van der Waals surface area (Å²) < 4.78 is 0.317. The Hall–Kier alpha value is -1.46. The highest BCUT2D eigenvalue weighted by Gasteiger charge is 2.42. The number of Topliss-reactive ketones (excluding diaryl/α,β-unsaturated/α-hetero) is 1. The van der Waals surface area contributed by atoms with Crippen molar-refractivity contribution in [3.05, 3.63) is 24.3 Å². The number of carbonyl (C=O) groups excluding carboxylic acids is 1. The Bertz CT molecular complexity index is 463. The van der Waals surface area contributed by atoms with E-state index in [2.05, 4.69) is 13.0 Å². The molecule has 0 fully saturated rings. The van der Waals surface area contributed by atoms with Gasteiger partial charge in [0.25, 0.3) is 0 Å². The van der Waals surface area contributed by atoms with Gasteiger partial charge in [0.2, 0.25) is 0 Å². The molecule has 0 aliphatic heterocycles. The first-order valence-corrected chi connectivity index (χ1v) is 9.20. The first-order chi connectivity index (χ1) is 11.6. The van der Waals surface area contributed by atoms with Crippen LogP contribution < -0.4 is 0 Å². The maximum absolute atomic E-state index is 12.3. The number of carboxylic acids is 1. The average molecular weight is 355 g/mol. The number of likely N-dealkylation sites (N-methyl/N-ethyl adjacent to an activating group) is 1. The van der Waals surface area contributed by atoms with Crippen LogP contribution >= 0.6 is 0 Å². The molecule has 0 aromatic heterocycles. The molecule has 0 saturated carbocycles. The van der Waals surface area contributed by atoms with Crippen LogP contribution in [0, 0.1) is 0 Å². The van der Waals surface area contributed by atoms with Crippen molar-refractivity contribution in [2.75, 3.05) is 27.7 Å². The van der Waals surface area contributed by atoms with E-state index < -0.39 is 23.8 Å². The number of unbranched alkanes of at least 4 members (excludes halogenated alkanes) is 5. The maximum atomic E-state index is 12.3. The summed E-state index contributed by atoms with van der Waals surface area (Å²) in [6.45, 7) is 2.27. The Balaban J connectivity index is 4.39. The standard InChI is InChI=1S/C20H35NO4/c1-5-6-7-8-9-10-11-12-13-14-15-18(22)20(25,16-19(23)24)17-21(2,3)4/h11-14,25H,5-10,15-17H2,1-4H3/p+1/b12-11+,14-13+. The van der Waals surface area contributed by atoms with Crippen LogP contribution in [0.4, 0.5) is 0 Å². The normalized spacial score (nSPS) is 14.9. The van der Waals surface area contributed by atoms with Crippen LogP contribution in [0.25, 0.3) is 0 Å². The van der Waals surface area contributed by atoms with E-state index >= 15 is 0 Å². The molecule has 0 heterocycles. The molecule has 0 aliphatic rings. The number of quaternary nitrogens is 1. The summed E-state index contributed by atoms with van der Waals surface area (Å²) in [5.74, 6) is -1.62. The van der Waals surface area contributed by atoms with Crippen molar-refractivity contribution in [2.45, 2.75) is 63.9 Å². The topological polar surface area (TPSA) is 74.6 Å². The highest BCUT2D eigenvalue weighted by molar-refractivity contribution is 5.91. The zero-order valence-electron chi connectivity index (χ0n) is 16.3. The molecule has 0 aromatic carbocycles. The van der Waals surface area contributed by atoms with Crippen LogP contribution in [-0.2, 0) is 9.59 Å². The van der Waals surface area contributed by atoms with Crippen LogP contribution in [0.1, 0.15) is 58.3 Å². The molecule has 0 saturated heterocycles. The molecule has 5 heteroatoms. The molecule has 1 atom stereocenters. The van der Waals surface area contributed by atoms with Crippen LogP contribution in [0.15, 0.2) is 24.3 Å². The van der Waals surface area contributed by atoms with Crippen LogP contribution in [0.5, 0.6) is 0 Å². The molecule has 2 N–H and O–H groups in total. The van der Waals surface area contributed by atoms with Gasteiger partial charge in [-0.05, 0) is 12.8 Å². The minimum absolute atomic E-state index is 0.0324. The van der Waals surface area contributed by atoms with Gasteiger partial charge in [-0.3, -0.25) is 9.59 Å². The molecule has 0 amide bonds. The summed E-state index contributed by atoms with van der Waals surface area (Å²) in [6, 6.07) is 0. The number of allylic oxidation sites excluding steroid dienone is 4. The van der Waals surface area contributed by atoms with E-state index in [1.54, 1.807) is 12.2 Å². The number of ketones is 1. The number of nitrogens with zero attached hydrogens (tertiary/aromatic N) is 1. The van der Waals surface area contributed by atoms with Crippen LogP contribution in [-0.4, -0.2) is 59.7 Å². The van der Waals surface area contributed by atoms with Crippen molar-refractivity contribution in [1.82, 2.24) is 0 Å². The zero-order chi connectivity index (χ0) is 19.3. The van der Waals surface area contributed by atoms with E-state index in [1.807, 2.05) is 27.2 Å². The lowest BCUT2D eigenvalue weighted by Crippen LogP contribution is -2.54. The number of aliphatic hydroxyl groups is 1. The highest BCUT2D eigenvalue weighted by atomic mass is 16.4. The van der Waals surface area contributed by atoms with E-state index in [1.165, 1.54) is 32.1 Å². The lowest BCUT2D eigenvalue weighted by molar-refractivity contribution is -0.875. The predicted molar refractivity (Wildman–Crippen MR) is 101 cm³/mol. The van der Waals surface area contributed by atoms with E-state index in [0.29, 0.717) is 4.48 Å². The molecule has 0 spiro atoms. The smallest absolute Gasteiger partial charge is 0.306 e. The second-order valence-electron chi connectivity index (χ2n) is 7.74. The van der Waals surface area contributed by atoms with Gasteiger partial charge in [-0.2, -0.15) is 0 Å². The van der Waals surface area contributed by atoms with Gasteiger partial charge >= 0.3 is 5.97 Å². The van der Waals surface area contributed by atoms with E-state index in [9.17, 15) is 14.7 Å². The van der Waals surface area contributed by atoms with Gasteiger partial charge in [0, 0.05) is 6.42 Å². The predicted octanol–water partition coefficient (Wildman–Crippen LogP) is 3.33. The third kappa shape index (κ3) is 12.5. The quantitative estimate of drug-likeness (QED) is 0.285. The molecule has 0 rings (SSSR count). The molecule has 144 valence electrons. The van der Waals surface area contributed by atoms with Crippen LogP contribution in [0.3, 0.4) is 0 Å². The summed E-state index contributed by atoms with van der Waals surface area (Å²) in [7, 11) is 5.46. The highest BCUT2D eigenvalue weighted by Crippen LogP contribution is 2.18. The van der Waals surface area contributed by atoms with Gasteiger partial charge in [-0.1, -0.05) is 56.9 Å². The van der Waals surface area contributed by atoms with Crippen molar-refractivity contribution in [1.29, 1.82) is 0 Å². The van der Waals surface area contributed by atoms with Gasteiger partial charge in [0.15, 0.2) is 11.4 Å². The first kappa shape index (κ1) is 23.5. The third-order valence-corrected chi connectivity index (χ3v) is 3.86. The number of hydrogen-bond donors (Lipinski definition) is 2. The molecule has 0 bridgehead atoms. The molecule has 0 aromatic rings. The second-order valence-corrected chi connectivity index (χ2v) is 7.74. The number of rotatable bonds is 14. The van der Waals surface area contributed by atoms with Gasteiger partial charge < -0.3 is 14.7 Å². The van der Waals surface area contributed by atoms with Crippen molar-refractivity contribution in [3.63, 3.8) is 0 Å². The minimum atomic E-state index is -1.84. The lowest BCUT2D eigenvalue weighted by Gasteiger charge is -2.33. The van der Waals surface area contributed by atoms with Gasteiger partial charge in [0.1, 0.15) is 6.54 Å². The fourth-order valence-corrected chi connectivity index (χ4v) is 2.76. The first-order valence-electron chi connectivity index (χ1n) is 9.20. The van der Waals surface area contributed by atoms with Gasteiger partial charge in [-0.25, -0.2) is 0 Å². The molecular weight excluding hydrogens is 318 g/mol. The summed E-state index contributed by atoms with van der Waals surface area (Å²) in [5.41, 5.74) is -1.84. The monoisotopic (exact) mass is 354 g/mol. The van der Waals surface area contributed by atoms with Crippen molar-refractivity contribution < 1.29 is 24.3 Å². The Labute approximate surface area is 152 Å². The molecule has 1 unspecified atom stereocenters. The van der Waals surface area contributed by atoms with Gasteiger partial charge in [-0.15, -0.1) is 0 Å². The third-order valence-electron chi connectivity index (χ3n) is 3.86. The van der Waals surface area contributed by atoms with Crippen LogP contribution in [0.2, 0.25) is 0 Å². The number of carbonyl (C=O) groups is 2. The number of carboxylic acid groups (broad SMARTS) is 1. The average Bonchev–Trinajstić information content (AvgIpc) is 2.46. The summed E-state index contributed by atoms with van der Waals surface area (Å²) >= 11 is 0. The summed E-state index contributed by atoms with van der Waals surface area (Å²) in [4.78, 5) is 23.3. The minimum Gasteiger partial charge on any atom is -0.481 e. The van der Waals surface area contributed by atoms with E-state index in [4.69, 9.17) is 5.11 Å². The number of hydrogen-bond acceptors (Lipinski definition) is 3. The number of aliphatic carboxylic acids is 1. The molecule has 5 nitrogen and oxygen atoms in total. The Morgan fingerprint density at radius 3 is 2.16 bits per heavy atom. The van der Waals surface area contributed by atoms with Crippen molar-refractivity contribution in [2.24, 2.45) is 0 Å². The zero-order valence-corrected chi connectivity index (χ0v) is 16.3. The van der Waals surface area contributed by atoms with Crippen molar-refractivity contribution in [3.8, 4) is 0 Å². The fraction of sp³-hybridized carbons (Fsp3) is 0.700. The molecule has 0 radical (unpaired) electrons. The summed E-state index contributed by atoms with van der Waals surface area (Å²) in [5, 5.41) is 19.5. The van der Waals surface area contributed by atoms with E-state index in [-0.39, 0.29) is 13.0 Å². The van der Waals surface area contributed by atoms with Gasteiger partial charge in [0.05, 0.1) is 27.6 Å². The second kappa shape index (κ2) is 12.0. The Kier molecular flexibility index (Phi) is 11.3. The largest absolute Gasteiger partial charge is 0.481 e. The Morgan fingerprint density at radius 1 is 1.00 bits per heavy atom.